The van der Waals surface area contributed by atoms with E-state index >= 15 is 0 Å². The fraction of sp³-hybridized carbons (Fsp3) is 0.167. The maximum absolute atomic E-state index is 12.8. The summed E-state index contributed by atoms with van der Waals surface area (Å²) >= 11 is 12.3. The van der Waals surface area contributed by atoms with Crippen LogP contribution in [0.1, 0.15) is 15.3 Å². The Balaban J connectivity index is 2.11. The highest BCUT2D eigenvalue weighted by Crippen LogP contribution is 2.39. The number of hydrogen-bond donors (Lipinski definition) is 0. The first kappa shape index (κ1) is 13.7. The van der Waals surface area contributed by atoms with Crippen molar-refractivity contribution >= 4 is 59.1 Å². The van der Waals surface area contributed by atoms with Crippen LogP contribution in [0.4, 0.5) is 4.39 Å². The molecular weight excluding hydrogens is 435 g/mol. The van der Waals surface area contributed by atoms with Crippen molar-refractivity contribution in [2.24, 2.45) is 0 Å². The maximum Gasteiger partial charge on any atom is 0.123 e. The molecule has 17 heavy (non-hydrogen) atoms. The van der Waals surface area contributed by atoms with E-state index in [0.717, 1.165) is 20.2 Å². The van der Waals surface area contributed by atoms with E-state index in [4.69, 9.17) is 0 Å². The third kappa shape index (κ3) is 3.63. The van der Waals surface area contributed by atoms with Crippen LogP contribution in [0, 0.1) is 5.82 Å². The average Bonchev–Trinajstić information content (AvgIpc) is 2.63. The van der Waals surface area contributed by atoms with Gasteiger partial charge in [-0.1, -0.05) is 28.1 Å². The number of halogens is 4. The first-order valence-electron chi connectivity index (χ1n) is 4.89. The quantitative estimate of drug-likeness (QED) is 0.504. The lowest BCUT2D eigenvalue weighted by Crippen LogP contribution is -1.92. The molecule has 0 saturated carbocycles. The molecule has 0 bridgehead atoms. The van der Waals surface area contributed by atoms with Gasteiger partial charge in [0.1, 0.15) is 5.82 Å². The van der Waals surface area contributed by atoms with E-state index in [1.54, 1.807) is 11.3 Å². The zero-order chi connectivity index (χ0) is 12.4. The van der Waals surface area contributed by atoms with Crippen molar-refractivity contribution in [2.45, 2.75) is 11.2 Å². The van der Waals surface area contributed by atoms with Crippen LogP contribution in [-0.2, 0) is 6.42 Å². The van der Waals surface area contributed by atoms with Gasteiger partial charge in [-0.05, 0) is 62.0 Å². The lowest BCUT2D eigenvalue weighted by Gasteiger charge is -2.07. The Labute approximate surface area is 129 Å². The van der Waals surface area contributed by atoms with Gasteiger partial charge in [-0.25, -0.2) is 4.39 Å². The number of benzene rings is 1. The van der Waals surface area contributed by atoms with E-state index in [2.05, 4.69) is 53.9 Å². The molecule has 0 spiro atoms. The maximum atomic E-state index is 12.8. The first-order valence-corrected chi connectivity index (χ1v) is 8.21. The van der Waals surface area contributed by atoms with Gasteiger partial charge in [-0.15, -0.1) is 11.3 Å². The van der Waals surface area contributed by atoms with Gasteiger partial charge in [0.2, 0.25) is 0 Å². The van der Waals surface area contributed by atoms with Crippen molar-refractivity contribution in [1.82, 2.24) is 0 Å². The number of alkyl halides is 1. The topological polar surface area (TPSA) is 0 Å². The summed E-state index contributed by atoms with van der Waals surface area (Å²) in [5.74, 6) is -0.193. The van der Waals surface area contributed by atoms with Gasteiger partial charge < -0.3 is 0 Å². The Hall–Kier alpha value is 0.290. The van der Waals surface area contributed by atoms with E-state index in [1.165, 1.54) is 17.0 Å². The molecule has 0 radical (unpaired) electrons. The number of rotatable bonds is 3. The van der Waals surface area contributed by atoms with Crippen molar-refractivity contribution in [1.29, 1.82) is 0 Å². The zero-order valence-corrected chi connectivity index (χ0v) is 14.2. The van der Waals surface area contributed by atoms with Crippen LogP contribution in [0.15, 0.2) is 38.6 Å². The predicted molar refractivity (Wildman–Crippen MR) is 81.5 cm³/mol. The highest BCUT2D eigenvalue weighted by molar-refractivity contribution is 9.13. The van der Waals surface area contributed by atoms with Crippen LogP contribution in [0.3, 0.4) is 0 Å². The Morgan fingerprint density at radius 1 is 1.18 bits per heavy atom. The molecule has 0 nitrogen and oxygen atoms in total. The van der Waals surface area contributed by atoms with Gasteiger partial charge in [0, 0.05) is 9.35 Å². The van der Waals surface area contributed by atoms with E-state index in [1.807, 2.05) is 12.1 Å². The lowest BCUT2D eigenvalue weighted by atomic mass is 10.1. The molecule has 1 unspecified atom stereocenters. The Kier molecular flexibility index (Phi) is 4.80. The van der Waals surface area contributed by atoms with Crippen LogP contribution in [0.2, 0.25) is 0 Å². The van der Waals surface area contributed by atoms with Crippen molar-refractivity contribution in [3.05, 3.63) is 54.8 Å². The smallest absolute Gasteiger partial charge is 0.123 e. The normalized spacial score (nSPS) is 12.7. The standard InChI is InChI=1S/C12H8Br3FS/c13-9(11-6-10(14)12(15)17-11)5-7-1-3-8(16)4-2-7/h1-4,6,9H,5H2. The van der Waals surface area contributed by atoms with Crippen molar-refractivity contribution in [2.75, 3.05) is 0 Å². The monoisotopic (exact) mass is 440 g/mol. The fourth-order valence-electron chi connectivity index (χ4n) is 1.45. The molecule has 0 aliphatic heterocycles. The second-order valence-corrected chi connectivity index (χ2v) is 7.93. The molecule has 0 amide bonds. The Morgan fingerprint density at radius 2 is 1.82 bits per heavy atom. The summed E-state index contributed by atoms with van der Waals surface area (Å²) in [5.41, 5.74) is 1.12. The molecule has 1 atom stereocenters. The van der Waals surface area contributed by atoms with E-state index in [-0.39, 0.29) is 10.6 Å². The highest BCUT2D eigenvalue weighted by atomic mass is 79.9. The summed E-state index contributed by atoms with van der Waals surface area (Å²) < 4.78 is 14.9. The van der Waals surface area contributed by atoms with Crippen LogP contribution in [-0.4, -0.2) is 0 Å². The molecule has 0 N–H and O–H groups in total. The molecule has 5 heteroatoms. The van der Waals surface area contributed by atoms with Gasteiger partial charge in [0.25, 0.3) is 0 Å². The van der Waals surface area contributed by atoms with Crippen molar-refractivity contribution in [3.8, 4) is 0 Å². The van der Waals surface area contributed by atoms with Crippen molar-refractivity contribution in [3.63, 3.8) is 0 Å². The zero-order valence-electron chi connectivity index (χ0n) is 8.59. The number of thiophene rings is 1. The molecule has 0 aliphatic carbocycles. The fourth-order valence-corrected chi connectivity index (χ4v) is 4.30. The summed E-state index contributed by atoms with van der Waals surface area (Å²) in [6.45, 7) is 0. The minimum Gasteiger partial charge on any atom is -0.207 e. The first-order chi connectivity index (χ1) is 8.06. The lowest BCUT2D eigenvalue weighted by molar-refractivity contribution is 0.627. The Bertz CT molecular complexity index is 487. The van der Waals surface area contributed by atoms with Crippen LogP contribution < -0.4 is 0 Å². The minimum atomic E-state index is -0.193. The van der Waals surface area contributed by atoms with Gasteiger partial charge in [-0.2, -0.15) is 0 Å². The minimum absolute atomic E-state index is 0.193. The third-order valence-electron chi connectivity index (χ3n) is 2.30. The molecular formula is C12H8Br3FS. The number of hydrogen-bond acceptors (Lipinski definition) is 1. The second kappa shape index (κ2) is 5.95. The SMILES string of the molecule is Fc1ccc(CC(Br)c2cc(Br)c(Br)s2)cc1. The summed E-state index contributed by atoms with van der Waals surface area (Å²) in [4.78, 5) is 1.49. The second-order valence-electron chi connectivity index (χ2n) is 3.57. The molecule has 0 saturated heterocycles. The van der Waals surface area contributed by atoms with Crippen LogP contribution in [0.5, 0.6) is 0 Å². The summed E-state index contributed by atoms with van der Waals surface area (Å²) in [7, 11) is 0. The molecule has 2 aromatic rings. The highest BCUT2D eigenvalue weighted by Gasteiger charge is 2.13. The van der Waals surface area contributed by atoms with Crippen molar-refractivity contribution < 1.29 is 4.39 Å². The summed E-state index contributed by atoms with van der Waals surface area (Å²) in [6.07, 6.45) is 0.847. The average molecular weight is 443 g/mol. The molecule has 2 rings (SSSR count). The molecule has 1 heterocycles. The van der Waals surface area contributed by atoms with E-state index in [0.29, 0.717) is 0 Å². The van der Waals surface area contributed by atoms with Crippen LogP contribution >= 0.6 is 59.1 Å². The molecule has 0 aliphatic rings. The predicted octanol–water partition coefficient (Wildman–Crippen LogP) is 6.09. The summed E-state index contributed by atoms with van der Waals surface area (Å²) in [6, 6.07) is 8.73. The van der Waals surface area contributed by atoms with Crippen LogP contribution in [0.25, 0.3) is 0 Å². The molecule has 90 valence electrons. The van der Waals surface area contributed by atoms with E-state index < -0.39 is 0 Å². The van der Waals surface area contributed by atoms with Gasteiger partial charge in [0.15, 0.2) is 0 Å². The van der Waals surface area contributed by atoms with Gasteiger partial charge >= 0.3 is 0 Å². The third-order valence-corrected chi connectivity index (χ3v) is 6.79. The summed E-state index contributed by atoms with van der Waals surface area (Å²) in [5, 5.41) is 0. The van der Waals surface area contributed by atoms with Gasteiger partial charge in [-0.3, -0.25) is 0 Å². The molecule has 1 aromatic heterocycles. The Morgan fingerprint density at radius 3 is 2.35 bits per heavy atom. The largest absolute Gasteiger partial charge is 0.207 e. The van der Waals surface area contributed by atoms with Gasteiger partial charge in [0.05, 0.1) is 8.61 Å². The molecule has 1 aromatic carbocycles. The molecule has 0 fully saturated rings. The van der Waals surface area contributed by atoms with E-state index in [9.17, 15) is 4.39 Å².